The molecule has 4 N–H and O–H groups in total. The van der Waals surface area contributed by atoms with E-state index in [1.807, 2.05) is 25.1 Å². The van der Waals surface area contributed by atoms with E-state index >= 15 is 0 Å². The van der Waals surface area contributed by atoms with Crippen LogP contribution in [0.15, 0.2) is 18.2 Å². The Morgan fingerprint density at radius 2 is 2.33 bits per heavy atom. The van der Waals surface area contributed by atoms with Gasteiger partial charge in [-0.1, -0.05) is 12.1 Å². The molecule has 1 aromatic carbocycles. The van der Waals surface area contributed by atoms with Crippen LogP contribution in [-0.4, -0.2) is 17.1 Å². The second-order valence-corrected chi connectivity index (χ2v) is 3.87. The summed E-state index contributed by atoms with van der Waals surface area (Å²) >= 11 is 0. The fourth-order valence-electron chi connectivity index (χ4n) is 2.07. The van der Waals surface area contributed by atoms with Gasteiger partial charge in [-0.25, -0.2) is 0 Å². The van der Waals surface area contributed by atoms with Crippen molar-refractivity contribution in [1.82, 2.24) is 0 Å². The van der Waals surface area contributed by atoms with Crippen molar-refractivity contribution < 1.29 is 9.90 Å². The van der Waals surface area contributed by atoms with Crippen molar-refractivity contribution in [3.63, 3.8) is 0 Å². The van der Waals surface area contributed by atoms with E-state index in [-0.39, 0.29) is 6.04 Å². The molecule has 1 aliphatic rings. The van der Waals surface area contributed by atoms with E-state index in [1.54, 1.807) is 0 Å². The average Bonchev–Trinajstić information content (AvgIpc) is 2.52. The van der Waals surface area contributed by atoms with Crippen LogP contribution in [0.2, 0.25) is 0 Å². The molecule has 80 valence electrons. The number of hydrogen-bond donors (Lipinski definition) is 3. The Kier molecular flexibility index (Phi) is 2.36. The van der Waals surface area contributed by atoms with Gasteiger partial charge in [-0.05, 0) is 24.1 Å². The monoisotopic (exact) mass is 206 g/mol. The van der Waals surface area contributed by atoms with Gasteiger partial charge in [0, 0.05) is 18.3 Å². The summed E-state index contributed by atoms with van der Waals surface area (Å²) in [4.78, 5) is 11.1. The van der Waals surface area contributed by atoms with E-state index in [2.05, 4.69) is 5.32 Å². The number of hydrogen-bond acceptors (Lipinski definition) is 3. The molecule has 4 heteroatoms. The largest absolute Gasteiger partial charge is 0.481 e. The van der Waals surface area contributed by atoms with Crippen LogP contribution in [0.5, 0.6) is 0 Å². The fraction of sp³-hybridized carbons (Fsp3) is 0.364. The van der Waals surface area contributed by atoms with Crippen LogP contribution < -0.4 is 11.1 Å². The number of carboxylic acid groups (broad SMARTS) is 1. The van der Waals surface area contributed by atoms with Gasteiger partial charge in [-0.3, -0.25) is 4.79 Å². The average molecular weight is 206 g/mol. The molecule has 0 bridgehead atoms. The molecule has 0 aromatic heterocycles. The lowest BCUT2D eigenvalue weighted by Crippen LogP contribution is -2.23. The highest BCUT2D eigenvalue weighted by Gasteiger charge is 2.34. The summed E-state index contributed by atoms with van der Waals surface area (Å²) in [5.74, 6) is -1.26. The number of carbonyl (C=O) groups is 1. The number of rotatable bonds is 2. The first-order chi connectivity index (χ1) is 7.13. The van der Waals surface area contributed by atoms with E-state index in [9.17, 15) is 4.79 Å². The van der Waals surface area contributed by atoms with E-state index in [0.29, 0.717) is 6.54 Å². The van der Waals surface area contributed by atoms with Crippen molar-refractivity contribution in [1.29, 1.82) is 0 Å². The quantitative estimate of drug-likeness (QED) is 0.678. The lowest BCUT2D eigenvalue weighted by molar-refractivity contribution is -0.138. The van der Waals surface area contributed by atoms with Crippen LogP contribution in [0.1, 0.15) is 24.0 Å². The van der Waals surface area contributed by atoms with Gasteiger partial charge < -0.3 is 16.2 Å². The minimum absolute atomic E-state index is 0.0643. The molecule has 2 atom stereocenters. The zero-order valence-corrected chi connectivity index (χ0v) is 8.53. The van der Waals surface area contributed by atoms with Gasteiger partial charge >= 0.3 is 5.97 Å². The predicted molar refractivity (Wildman–Crippen MR) is 57.8 cm³/mol. The van der Waals surface area contributed by atoms with Crippen LogP contribution in [0.25, 0.3) is 0 Å². The summed E-state index contributed by atoms with van der Waals surface area (Å²) in [7, 11) is 0. The molecule has 0 aliphatic carbocycles. The SMILES string of the molecule is CC1Nc2ccc(CN)cc2C1C(=O)O. The number of anilines is 1. The zero-order chi connectivity index (χ0) is 11.0. The Labute approximate surface area is 88.1 Å². The Bertz CT molecular complexity index is 404. The van der Waals surface area contributed by atoms with E-state index in [4.69, 9.17) is 10.8 Å². The molecule has 0 spiro atoms. The molecule has 2 rings (SSSR count). The highest BCUT2D eigenvalue weighted by Crippen LogP contribution is 2.36. The van der Waals surface area contributed by atoms with E-state index in [1.165, 1.54) is 0 Å². The van der Waals surface area contributed by atoms with Gasteiger partial charge in [0.15, 0.2) is 0 Å². The van der Waals surface area contributed by atoms with Crippen LogP contribution in [0, 0.1) is 0 Å². The first-order valence-electron chi connectivity index (χ1n) is 4.95. The van der Waals surface area contributed by atoms with Gasteiger partial charge in [-0.15, -0.1) is 0 Å². The minimum Gasteiger partial charge on any atom is -0.481 e. The summed E-state index contributed by atoms with van der Waals surface area (Å²) in [5, 5.41) is 12.3. The van der Waals surface area contributed by atoms with Gasteiger partial charge in [-0.2, -0.15) is 0 Å². The Morgan fingerprint density at radius 1 is 1.60 bits per heavy atom. The molecule has 0 amide bonds. The maximum atomic E-state index is 11.1. The smallest absolute Gasteiger partial charge is 0.313 e. The molecular formula is C11H14N2O2. The van der Waals surface area contributed by atoms with E-state index in [0.717, 1.165) is 16.8 Å². The van der Waals surface area contributed by atoms with E-state index < -0.39 is 11.9 Å². The summed E-state index contributed by atoms with van der Waals surface area (Å²) in [6.07, 6.45) is 0. The molecule has 1 aliphatic heterocycles. The second kappa shape index (κ2) is 3.55. The molecule has 2 unspecified atom stereocenters. The molecule has 1 heterocycles. The molecule has 15 heavy (non-hydrogen) atoms. The summed E-state index contributed by atoms with van der Waals surface area (Å²) in [6.45, 7) is 2.31. The second-order valence-electron chi connectivity index (χ2n) is 3.87. The molecular weight excluding hydrogens is 192 g/mol. The van der Waals surface area contributed by atoms with Crippen molar-refractivity contribution in [2.45, 2.75) is 25.4 Å². The molecule has 0 saturated heterocycles. The third kappa shape index (κ3) is 1.57. The topological polar surface area (TPSA) is 75.3 Å². The summed E-state index contributed by atoms with van der Waals surface area (Å²) < 4.78 is 0. The lowest BCUT2D eigenvalue weighted by atomic mass is 9.95. The summed E-state index contributed by atoms with van der Waals surface area (Å²) in [5.41, 5.74) is 8.26. The minimum atomic E-state index is -0.789. The maximum absolute atomic E-state index is 11.1. The van der Waals surface area contributed by atoms with Crippen LogP contribution in [0.3, 0.4) is 0 Å². The van der Waals surface area contributed by atoms with Crippen molar-refractivity contribution in [2.75, 3.05) is 5.32 Å². The van der Waals surface area contributed by atoms with Crippen LogP contribution >= 0.6 is 0 Å². The van der Waals surface area contributed by atoms with Gasteiger partial charge in [0.1, 0.15) is 5.92 Å². The molecule has 0 fully saturated rings. The fourth-order valence-corrected chi connectivity index (χ4v) is 2.07. The molecule has 4 nitrogen and oxygen atoms in total. The molecule has 1 aromatic rings. The third-order valence-electron chi connectivity index (χ3n) is 2.84. The van der Waals surface area contributed by atoms with Gasteiger partial charge in [0.2, 0.25) is 0 Å². The highest BCUT2D eigenvalue weighted by molar-refractivity contribution is 5.83. The van der Waals surface area contributed by atoms with Crippen molar-refractivity contribution in [3.8, 4) is 0 Å². The predicted octanol–water partition coefficient (Wildman–Crippen LogP) is 1.13. The normalized spacial score (nSPS) is 23.3. The Morgan fingerprint density at radius 3 is 2.93 bits per heavy atom. The first-order valence-corrected chi connectivity index (χ1v) is 4.95. The number of fused-ring (bicyclic) bond motifs is 1. The number of carboxylic acids is 1. The number of aliphatic carboxylic acids is 1. The van der Waals surface area contributed by atoms with Gasteiger partial charge in [0.25, 0.3) is 0 Å². The van der Waals surface area contributed by atoms with Gasteiger partial charge in [0.05, 0.1) is 0 Å². The van der Waals surface area contributed by atoms with Crippen molar-refractivity contribution in [3.05, 3.63) is 29.3 Å². The van der Waals surface area contributed by atoms with Crippen LogP contribution in [0.4, 0.5) is 5.69 Å². The van der Waals surface area contributed by atoms with Crippen molar-refractivity contribution >= 4 is 11.7 Å². The maximum Gasteiger partial charge on any atom is 0.313 e. The molecule has 0 saturated carbocycles. The zero-order valence-electron chi connectivity index (χ0n) is 8.53. The van der Waals surface area contributed by atoms with Crippen molar-refractivity contribution in [2.24, 2.45) is 5.73 Å². The highest BCUT2D eigenvalue weighted by atomic mass is 16.4. The number of benzene rings is 1. The Hall–Kier alpha value is -1.55. The first kappa shape index (κ1) is 9.98. The van der Waals surface area contributed by atoms with Crippen LogP contribution in [-0.2, 0) is 11.3 Å². The molecule has 0 radical (unpaired) electrons. The Balaban J connectivity index is 2.46. The third-order valence-corrected chi connectivity index (χ3v) is 2.84. The summed E-state index contributed by atoms with van der Waals surface area (Å²) in [6, 6.07) is 5.63. The number of nitrogens with two attached hydrogens (primary N) is 1. The standard InChI is InChI=1S/C11H14N2O2/c1-6-10(11(14)15)8-4-7(5-12)2-3-9(8)13-6/h2-4,6,10,13H,5,12H2,1H3,(H,14,15). The lowest BCUT2D eigenvalue weighted by Gasteiger charge is -2.10. The number of nitrogens with one attached hydrogen (secondary N) is 1.